The molecule has 0 bridgehead atoms. The highest BCUT2D eigenvalue weighted by atomic mass is 19.3. The summed E-state index contributed by atoms with van der Waals surface area (Å²) in [6, 6.07) is 7.05. The summed E-state index contributed by atoms with van der Waals surface area (Å²) in [6.45, 7) is -2.30. The van der Waals surface area contributed by atoms with Gasteiger partial charge in [-0.05, 0) is 18.9 Å². The van der Waals surface area contributed by atoms with Gasteiger partial charge in [-0.1, -0.05) is 37.5 Å². The van der Waals surface area contributed by atoms with E-state index in [4.69, 9.17) is 5.73 Å². The Kier molecular flexibility index (Phi) is 4.17. The summed E-state index contributed by atoms with van der Waals surface area (Å²) in [6.07, 6.45) is 5.29. The van der Waals surface area contributed by atoms with Crippen molar-refractivity contribution in [1.29, 1.82) is 0 Å². The van der Waals surface area contributed by atoms with Gasteiger partial charge in [0.25, 0.3) is 0 Å². The lowest BCUT2D eigenvalue weighted by atomic mass is 9.69. The zero-order valence-electron chi connectivity index (χ0n) is 10.4. The van der Waals surface area contributed by atoms with Crippen molar-refractivity contribution in [3.63, 3.8) is 0 Å². The lowest BCUT2D eigenvalue weighted by molar-refractivity contribution is -0.0512. The largest absolute Gasteiger partial charge is 0.435 e. The van der Waals surface area contributed by atoms with E-state index in [0.717, 1.165) is 31.2 Å². The number of hydrogen-bond acceptors (Lipinski definition) is 2. The molecule has 2 N–H and O–H groups in total. The van der Waals surface area contributed by atoms with E-state index in [-0.39, 0.29) is 11.2 Å². The SMILES string of the molecule is NCC1(c2ccccc2OC(F)F)CCCCC1. The molecule has 0 aromatic heterocycles. The maximum absolute atomic E-state index is 12.4. The second-order valence-electron chi connectivity index (χ2n) is 4.92. The molecule has 4 heteroatoms. The molecule has 1 aromatic rings. The average Bonchev–Trinajstić information content (AvgIpc) is 2.39. The predicted molar refractivity (Wildman–Crippen MR) is 66.9 cm³/mol. The highest BCUT2D eigenvalue weighted by Gasteiger charge is 2.35. The van der Waals surface area contributed by atoms with Crippen LogP contribution in [-0.2, 0) is 5.41 Å². The first-order valence-corrected chi connectivity index (χ1v) is 6.42. The van der Waals surface area contributed by atoms with Crippen molar-refractivity contribution in [2.45, 2.75) is 44.1 Å². The Labute approximate surface area is 106 Å². The van der Waals surface area contributed by atoms with Crippen LogP contribution < -0.4 is 10.5 Å². The van der Waals surface area contributed by atoms with Gasteiger partial charge in [-0.25, -0.2) is 0 Å². The summed E-state index contributed by atoms with van der Waals surface area (Å²) in [5.74, 6) is 0.278. The summed E-state index contributed by atoms with van der Waals surface area (Å²) in [5, 5.41) is 0. The van der Waals surface area contributed by atoms with Crippen LogP contribution in [0.4, 0.5) is 8.78 Å². The highest BCUT2D eigenvalue weighted by Crippen LogP contribution is 2.42. The standard InChI is InChI=1S/C14H19F2NO/c15-13(16)18-12-7-3-2-6-11(12)14(10-17)8-4-1-5-9-14/h2-3,6-7,13H,1,4-5,8-10,17H2. The Balaban J connectivity index is 2.35. The Morgan fingerprint density at radius 2 is 1.83 bits per heavy atom. The zero-order chi connectivity index (χ0) is 13.0. The van der Waals surface area contributed by atoms with Crippen molar-refractivity contribution < 1.29 is 13.5 Å². The smallest absolute Gasteiger partial charge is 0.387 e. The van der Waals surface area contributed by atoms with Crippen LogP contribution >= 0.6 is 0 Å². The normalized spacial score (nSPS) is 18.9. The number of hydrogen-bond donors (Lipinski definition) is 1. The van der Waals surface area contributed by atoms with E-state index in [1.807, 2.05) is 12.1 Å². The molecule has 1 aliphatic rings. The third-order valence-corrected chi connectivity index (χ3v) is 3.88. The minimum Gasteiger partial charge on any atom is -0.435 e. The summed E-state index contributed by atoms with van der Waals surface area (Å²) in [5.41, 5.74) is 6.58. The molecule has 2 nitrogen and oxygen atoms in total. The first-order valence-electron chi connectivity index (χ1n) is 6.42. The molecule has 0 amide bonds. The van der Waals surface area contributed by atoms with E-state index in [9.17, 15) is 8.78 Å². The topological polar surface area (TPSA) is 35.2 Å². The van der Waals surface area contributed by atoms with Crippen molar-refractivity contribution in [3.05, 3.63) is 29.8 Å². The molecular formula is C14H19F2NO. The van der Waals surface area contributed by atoms with E-state index in [1.165, 1.54) is 6.42 Å². The van der Waals surface area contributed by atoms with E-state index in [1.54, 1.807) is 12.1 Å². The van der Waals surface area contributed by atoms with E-state index in [2.05, 4.69) is 4.74 Å². The third-order valence-electron chi connectivity index (χ3n) is 3.88. The van der Waals surface area contributed by atoms with Crippen LogP contribution in [0.25, 0.3) is 0 Å². The summed E-state index contributed by atoms with van der Waals surface area (Å²) < 4.78 is 29.5. The van der Waals surface area contributed by atoms with Gasteiger partial charge in [0.05, 0.1) is 0 Å². The van der Waals surface area contributed by atoms with Crippen molar-refractivity contribution in [3.8, 4) is 5.75 Å². The van der Waals surface area contributed by atoms with Gasteiger partial charge in [-0.15, -0.1) is 0 Å². The Morgan fingerprint density at radius 1 is 1.17 bits per heavy atom. The number of alkyl halides is 2. The fraction of sp³-hybridized carbons (Fsp3) is 0.571. The molecule has 0 atom stereocenters. The van der Waals surface area contributed by atoms with E-state index >= 15 is 0 Å². The van der Waals surface area contributed by atoms with Gasteiger partial charge < -0.3 is 10.5 Å². The van der Waals surface area contributed by atoms with Gasteiger partial charge in [-0.2, -0.15) is 8.78 Å². The van der Waals surface area contributed by atoms with Crippen molar-refractivity contribution in [2.24, 2.45) is 5.73 Å². The van der Waals surface area contributed by atoms with Crippen LogP contribution in [0.3, 0.4) is 0 Å². The van der Waals surface area contributed by atoms with E-state index < -0.39 is 6.61 Å². The zero-order valence-corrected chi connectivity index (χ0v) is 10.4. The van der Waals surface area contributed by atoms with Crippen LogP contribution in [0.5, 0.6) is 5.75 Å². The van der Waals surface area contributed by atoms with E-state index in [0.29, 0.717) is 6.54 Å². The second-order valence-corrected chi connectivity index (χ2v) is 4.92. The monoisotopic (exact) mass is 255 g/mol. The van der Waals surface area contributed by atoms with Crippen molar-refractivity contribution in [1.82, 2.24) is 0 Å². The highest BCUT2D eigenvalue weighted by molar-refractivity contribution is 5.40. The number of ether oxygens (including phenoxy) is 1. The van der Waals surface area contributed by atoms with Gasteiger partial charge >= 0.3 is 6.61 Å². The number of halogens is 2. The van der Waals surface area contributed by atoms with Crippen molar-refractivity contribution in [2.75, 3.05) is 6.54 Å². The van der Waals surface area contributed by atoms with Gasteiger partial charge in [0, 0.05) is 17.5 Å². The first-order chi connectivity index (χ1) is 8.68. The minimum atomic E-state index is -2.79. The molecule has 1 fully saturated rings. The minimum absolute atomic E-state index is 0.191. The lowest BCUT2D eigenvalue weighted by Gasteiger charge is -2.37. The maximum atomic E-state index is 12.4. The van der Waals surface area contributed by atoms with Crippen LogP contribution in [-0.4, -0.2) is 13.2 Å². The summed E-state index contributed by atoms with van der Waals surface area (Å²) in [7, 11) is 0. The third kappa shape index (κ3) is 2.64. The number of rotatable bonds is 4. The molecule has 0 spiro atoms. The second kappa shape index (κ2) is 5.65. The maximum Gasteiger partial charge on any atom is 0.387 e. The fourth-order valence-electron chi connectivity index (χ4n) is 2.92. The molecule has 0 saturated heterocycles. The Morgan fingerprint density at radius 3 is 2.44 bits per heavy atom. The van der Waals surface area contributed by atoms with Crippen LogP contribution in [0, 0.1) is 0 Å². The lowest BCUT2D eigenvalue weighted by Crippen LogP contribution is -2.37. The molecule has 0 radical (unpaired) electrons. The molecule has 1 aromatic carbocycles. The fourth-order valence-corrected chi connectivity index (χ4v) is 2.92. The molecular weight excluding hydrogens is 236 g/mol. The summed E-state index contributed by atoms with van der Waals surface area (Å²) >= 11 is 0. The van der Waals surface area contributed by atoms with Gasteiger partial charge in [0.15, 0.2) is 0 Å². The van der Waals surface area contributed by atoms with Crippen LogP contribution in [0.2, 0.25) is 0 Å². The van der Waals surface area contributed by atoms with Crippen LogP contribution in [0.15, 0.2) is 24.3 Å². The molecule has 100 valence electrons. The molecule has 0 heterocycles. The first kappa shape index (κ1) is 13.3. The molecule has 18 heavy (non-hydrogen) atoms. The number of benzene rings is 1. The summed E-state index contributed by atoms with van der Waals surface area (Å²) in [4.78, 5) is 0. The Hall–Kier alpha value is -1.16. The molecule has 0 aliphatic heterocycles. The number of para-hydroxylation sites is 1. The molecule has 2 rings (SSSR count). The molecule has 1 saturated carbocycles. The molecule has 0 unspecified atom stereocenters. The molecule has 1 aliphatic carbocycles. The average molecular weight is 255 g/mol. The number of nitrogens with two attached hydrogens (primary N) is 1. The van der Waals surface area contributed by atoms with Crippen molar-refractivity contribution >= 4 is 0 Å². The predicted octanol–water partition coefficient (Wildman–Crippen LogP) is 3.45. The van der Waals surface area contributed by atoms with Gasteiger partial charge in [0.1, 0.15) is 5.75 Å². The quantitative estimate of drug-likeness (QED) is 0.894. The van der Waals surface area contributed by atoms with Gasteiger partial charge in [0.2, 0.25) is 0 Å². The van der Waals surface area contributed by atoms with Gasteiger partial charge in [-0.3, -0.25) is 0 Å². The Bertz CT molecular complexity index is 389. The van der Waals surface area contributed by atoms with Crippen LogP contribution in [0.1, 0.15) is 37.7 Å².